The van der Waals surface area contributed by atoms with E-state index >= 15 is 0 Å². The van der Waals surface area contributed by atoms with Crippen molar-refractivity contribution in [2.75, 3.05) is 26.2 Å². The quantitative estimate of drug-likeness (QED) is 0.725. The molecule has 0 aromatic heterocycles. The highest BCUT2D eigenvalue weighted by molar-refractivity contribution is 7.56. The van der Waals surface area contributed by atoms with Crippen molar-refractivity contribution in [3.05, 3.63) is 29.8 Å². The van der Waals surface area contributed by atoms with Gasteiger partial charge in [0, 0.05) is 12.6 Å². The molecule has 1 aromatic carbocycles. The normalized spacial score (nSPS) is 26.1. The molecule has 0 N–H and O–H groups in total. The number of carbonyl (C=O) groups excluding carboxylic acids is 1. The Balaban J connectivity index is 2.80. The third kappa shape index (κ3) is 2.78. The lowest BCUT2D eigenvalue weighted by Gasteiger charge is -2.57. The average Bonchev–Trinajstić information content (AvgIpc) is 2.78. The summed E-state index contributed by atoms with van der Waals surface area (Å²) in [6.45, 7) is 8.48. The van der Waals surface area contributed by atoms with Crippen LogP contribution in [0.3, 0.4) is 0 Å². The number of fused-ring (bicyclic) bond motifs is 1. The van der Waals surface area contributed by atoms with Gasteiger partial charge in [-0.05, 0) is 29.6 Å². The third-order valence-electron chi connectivity index (χ3n) is 4.94. The van der Waals surface area contributed by atoms with Gasteiger partial charge in [-0.15, -0.1) is 4.52 Å². The fourth-order valence-corrected chi connectivity index (χ4v) is 5.15. The minimum Gasteiger partial charge on any atom is -0.842 e. The lowest BCUT2D eigenvalue weighted by Crippen LogP contribution is -2.69. The summed E-state index contributed by atoms with van der Waals surface area (Å²) in [5, 5.41) is 14.5. The van der Waals surface area contributed by atoms with E-state index < -0.39 is 24.9 Å². The van der Waals surface area contributed by atoms with Gasteiger partial charge in [0.15, 0.2) is 5.72 Å². The summed E-state index contributed by atoms with van der Waals surface area (Å²) in [5.41, 5.74) is -3.22. The van der Waals surface area contributed by atoms with Gasteiger partial charge < -0.3 is 5.11 Å². The van der Waals surface area contributed by atoms with Gasteiger partial charge in [0.2, 0.25) is 5.91 Å². The molecule has 2 atom stereocenters. The molecule has 146 valence electrons. The van der Waals surface area contributed by atoms with Gasteiger partial charge in [-0.1, -0.05) is 39.0 Å². The van der Waals surface area contributed by atoms with Crippen molar-refractivity contribution in [1.29, 1.82) is 0 Å². The van der Waals surface area contributed by atoms with E-state index in [9.17, 15) is 9.90 Å². The summed E-state index contributed by atoms with van der Waals surface area (Å²) in [7, 11) is 0.846. The van der Waals surface area contributed by atoms with Crippen molar-refractivity contribution in [2.24, 2.45) is 5.41 Å². The Hall–Kier alpha value is -1.08. The molecule has 2 rings (SSSR count). The highest BCUT2D eigenvalue weighted by Gasteiger charge is 2.67. The second-order valence-electron chi connectivity index (χ2n) is 7.37. The second kappa shape index (κ2) is 6.82. The number of nitrogens with zero attached hydrogens (tertiary/aromatic N) is 1. The zero-order chi connectivity index (χ0) is 20.0. The first kappa shape index (κ1) is 21.2. The SMILES string of the molecule is CO[P+](OC)(OC)OC1(C)N(C(C)=O)c2ccccc2C1([O-])C(C)(C)C. The Morgan fingerprint density at radius 1 is 1.12 bits per heavy atom. The molecule has 26 heavy (non-hydrogen) atoms. The van der Waals surface area contributed by atoms with E-state index in [4.69, 9.17) is 18.1 Å². The number of carbonyl (C=O) groups is 1. The molecule has 7 nitrogen and oxygen atoms in total. The van der Waals surface area contributed by atoms with E-state index in [1.807, 2.05) is 20.8 Å². The molecule has 8 heteroatoms. The van der Waals surface area contributed by atoms with Crippen molar-refractivity contribution >= 4 is 19.8 Å². The molecule has 1 aliphatic rings. The number of rotatable bonds is 5. The molecule has 0 radical (unpaired) electrons. The number of hydrogen-bond donors (Lipinski definition) is 0. The predicted octanol–water partition coefficient (Wildman–Crippen LogP) is 3.00. The first-order valence-electron chi connectivity index (χ1n) is 8.32. The van der Waals surface area contributed by atoms with Gasteiger partial charge in [-0.25, -0.2) is 0 Å². The Morgan fingerprint density at radius 3 is 2.04 bits per heavy atom. The van der Waals surface area contributed by atoms with E-state index in [1.54, 1.807) is 31.2 Å². The van der Waals surface area contributed by atoms with Crippen LogP contribution < -0.4 is 10.0 Å². The molecule has 1 amide bonds. The molecule has 0 saturated heterocycles. The highest BCUT2D eigenvalue weighted by atomic mass is 31.2. The lowest BCUT2D eigenvalue weighted by molar-refractivity contribution is -0.543. The first-order valence-corrected chi connectivity index (χ1v) is 9.78. The smallest absolute Gasteiger partial charge is 0.576 e. The maximum atomic E-state index is 14.5. The molecule has 0 spiro atoms. The van der Waals surface area contributed by atoms with Gasteiger partial charge in [0.25, 0.3) is 0 Å². The summed E-state index contributed by atoms with van der Waals surface area (Å²) in [5.74, 6) is -0.316. The largest absolute Gasteiger partial charge is 0.842 e. The molecular weight excluding hydrogens is 357 g/mol. The van der Waals surface area contributed by atoms with E-state index in [0.29, 0.717) is 11.3 Å². The summed E-state index contributed by atoms with van der Waals surface area (Å²) in [6, 6.07) is 7.06. The van der Waals surface area contributed by atoms with Crippen molar-refractivity contribution in [3.63, 3.8) is 0 Å². The van der Waals surface area contributed by atoms with Crippen LogP contribution in [0.2, 0.25) is 0 Å². The van der Waals surface area contributed by atoms with Crippen molar-refractivity contribution in [3.8, 4) is 0 Å². The fourth-order valence-electron chi connectivity index (χ4n) is 3.83. The third-order valence-corrected chi connectivity index (χ3v) is 6.86. The molecule has 0 saturated carbocycles. The number of para-hydroxylation sites is 1. The molecule has 2 unspecified atom stereocenters. The standard InChI is InChI=1S/C18H28NO6P/c1-13(20)19-15-12-10-9-11-14(15)18(21,16(2,3)4)17(19,5)25-26(22-6,23-7)24-8/h9-12H,1-8H3. The van der Waals surface area contributed by atoms with Gasteiger partial charge in [0.05, 0.1) is 21.3 Å². The number of amides is 1. The summed E-state index contributed by atoms with van der Waals surface area (Å²) >= 11 is 0. The first-order chi connectivity index (χ1) is 11.9. The predicted molar refractivity (Wildman–Crippen MR) is 98.2 cm³/mol. The van der Waals surface area contributed by atoms with Gasteiger partial charge in [0.1, 0.15) is 0 Å². The van der Waals surface area contributed by atoms with Gasteiger partial charge in [-0.2, -0.15) is 13.6 Å². The monoisotopic (exact) mass is 385 g/mol. The Bertz CT molecular complexity index is 678. The second-order valence-corrected chi connectivity index (χ2v) is 9.54. The molecule has 1 aliphatic heterocycles. The van der Waals surface area contributed by atoms with Gasteiger partial charge in [-0.3, -0.25) is 9.69 Å². The van der Waals surface area contributed by atoms with Crippen LogP contribution in [0.25, 0.3) is 0 Å². The summed E-state index contributed by atoms with van der Waals surface area (Å²) in [4.78, 5) is 14.0. The van der Waals surface area contributed by atoms with Crippen LogP contribution in [0.4, 0.5) is 5.69 Å². The van der Waals surface area contributed by atoms with Crippen LogP contribution in [0.15, 0.2) is 24.3 Å². The van der Waals surface area contributed by atoms with Crippen LogP contribution in [0, 0.1) is 5.41 Å². The molecule has 0 aliphatic carbocycles. The number of hydrogen-bond acceptors (Lipinski definition) is 6. The highest BCUT2D eigenvalue weighted by Crippen LogP contribution is 2.69. The van der Waals surface area contributed by atoms with Crippen molar-refractivity contribution in [1.82, 2.24) is 0 Å². The summed E-state index contributed by atoms with van der Waals surface area (Å²) in [6.07, 6.45) is 0. The summed E-state index contributed by atoms with van der Waals surface area (Å²) < 4.78 is 22.3. The van der Waals surface area contributed by atoms with E-state index in [0.717, 1.165) is 0 Å². The topological polar surface area (TPSA) is 80.3 Å². The molecular formula is C18H28NO6P. The van der Waals surface area contributed by atoms with Gasteiger partial charge >= 0.3 is 8.17 Å². The fraction of sp³-hybridized carbons (Fsp3) is 0.611. The number of benzene rings is 1. The van der Waals surface area contributed by atoms with Crippen LogP contribution in [0.5, 0.6) is 0 Å². The van der Waals surface area contributed by atoms with E-state index in [-0.39, 0.29) is 5.91 Å². The zero-order valence-electron chi connectivity index (χ0n) is 16.7. The van der Waals surface area contributed by atoms with Crippen LogP contribution >= 0.6 is 8.17 Å². The minimum absolute atomic E-state index is 0.316. The van der Waals surface area contributed by atoms with Crippen molar-refractivity contribution < 1.29 is 28.0 Å². The Labute approximate surface area is 155 Å². The maximum absolute atomic E-state index is 14.5. The molecule has 1 aromatic rings. The van der Waals surface area contributed by atoms with Crippen LogP contribution in [-0.2, 0) is 28.5 Å². The zero-order valence-corrected chi connectivity index (χ0v) is 17.5. The molecule has 1 heterocycles. The van der Waals surface area contributed by atoms with E-state index in [2.05, 4.69) is 0 Å². The lowest BCUT2D eigenvalue weighted by atomic mass is 9.68. The molecule has 0 fully saturated rings. The van der Waals surface area contributed by atoms with Crippen LogP contribution in [-0.4, -0.2) is 33.0 Å². The molecule has 0 bridgehead atoms. The number of anilines is 1. The Morgan fingerprint density at radius 2 is 1.62 bits per heavy atom. The van der Waals surface area contributed by atoms with E-state index in [1.165, 1.54) is 33.2 Å². The van der Waals surface area contributed by atoms with Crippen molar-refractivity contribution in [2.45, 2.75) is 45.9 Å². The Kier molecular flexibility index (Phi) is 5.57. The maximum Gasteiger partial charge on any atom is 0.576 e. The minimum atomic E-state index is -3.30. The van der Waals surface area contributed by atoms with Crippen LogP contribution in [0.1, 0.15) is 40.2 Å². The average molecular weight is 385 g/mol.